The van der Waals surface area contributed by atoms with E-state index < -0.39 is 35.7 Å². The zero-order valence-electron chi connectivity index (χ0n) is 22.8. The summed E-state index contributed by atoms with van der Waals surface area (Å²) >= 11 is 0. The molecule has 3 amide bonds. The molecule has 1 aromatic carbocycles. The number of carbonyl (C=O) groups excluding carboxylic acids is 4. The minimum atomic E-state index is -0.977. The van der Waals surface area contributed by atoms with Gasteiger partial charge in [-0.15, -0.1) is 0 Å². The van der Waals surface area contributed by atoms with Gasteiger partial charge in [-0.2, -0.15) is 0 Å². The molecule has 0 bridgehead atoms. The molecular weight excluding hydrogens is 462 g/mol. The first-order chi connectivity index (χ1) is 16.8. The third-order valence-electron chi connectivity index (χ3n) is 6.30. The second kappa shape index (κ2) is 12.2. The maximum absolute atomic E-state index is 14.1. The average Bonchev–Trinajstić information content (AvgIpc) is 2.73. The summed E-state index contributed by atoms with van der Waals surface area (Å²) in [5.41, 5.74) is 1.69. The van der Waals surface area contributed by atoms with Gasteiger partial charge in [-0.25, -0.2) is 4.79 Å². The van der Waals surface area contributed by atoms with Gasteiger partial charge in [0.05, 0.1) is 7.11 Å². The number of alkyl carbamates (subject to hydrolysis) is 1. The van der Waals surface area contributed by atoms with E-state index in [2.05, 4.69) is 15.4 Å². The number of ether oxygens (including phenoxy) is 2. The van der Waals surface area contributed by atoms with E-state index >= 15 is 0 Å². The van der Waals surface area contributed by atoms with Gasteiger partial charge in [0.25, 0.3) is 0 Å². The first-order valence-electron chi connectivity index (χ1n) is 12.5. The summed E-state index contributed by atoms with van der Waals surface area (Å²) in [5.74, 6) is -1.68. The van der Waals surface area contributed by atoms with Crippen LogP contribution in [0.3, 0.4) is 0 Å². The van der Waals surface area contributed by atoms with Crippen LogP contribution in [0.25, 0.3) is 0 Å². The Labute approximate surface area is 214 Å². The fourth-order valence-electron chi connectivity index (χ4n) is 4.27. The molecule has 1 fully saturated rings. The van der Waals surface area contributed by atoms with E-state index in [9.17, 15) is 19.2 Å². The Morgan fingerprint density at radius 3 is 2.11 bits per heavy atom. The van der Waals surface area contributed by atoms with Crippen LogP contribution in [0, 0.1) is 19.8 Å². The van der Waals surface area contributed by atoms with Crippen molar-refractivity contribution in [2.45, 2.75) is 91.5 Å². The van der Waals surface area contributed by atoms with Crippen LogP contribution in [0.5, 0.6) is 0 Å². The molecule has 0 aliphatic heterocycles. The predicted molar refractivity (Wildman–Crippen MR) is 136 cm³/mol. The number of benzene rings is 1. The Morgan fingerprint density at radius 2 is 1.67 bits per heavy atom. The molecule has 2 unspecified atom stereocenters. The molecule has 2 N–H and O–H groups in total. The molecule has 0 saturated heterocycles. The van der Waals surface area contributed by atoms with E-state index in [1.165, 1.54) is 7.11 Å². The maximum Gasteiger partial charge on any atom is 0.408 e. The molecule has 1 aromatic rings. The number of hydrogen-bond acceptors (Lipinski definition) is 6. The summed E-state index contributed by atoms with van der Waals surface area (Å²) < 4.78 is 10.1. The number of hydrogen-bond donors (Lipinski definition) is 2. The lowest BCUT2D eigenvalue weighted by Crippen LogP contribution is -2.59. The van der Waals surface area contributed by atoms with Gasteiger partial charge in [0.2, 0.25) is 11.8 Å². The number of rotatable bonds is 9. The third kappa shape index (κ3) is 7.45. The highest BCUT2D eigenvalue weighted by atomic mass is 16.6. The fourth-order valence-corrected chi connectivity index (χ4v) is 4.27. The third-order valence-corrected chi connectivity index (χ3v) is 6.30. The van der Waals surface area contributed by atoms with Crippen LogP contribution in [0.15, 0.2) is 18.2 Å². The van der Waals surface area contributed by atoms with Gasteiger partial charge in [-0.1, -0.05) is 32.0 Å². The molecule has 200 valence electrons. The van der Waals surface area contributed by atoms with Gasteiger partial charge in [0.1, 0.15) is 24.2 Å². The Morgan fingerprint density at radius 1 is 1.08 bits per heavy atom. The Hall–Kier alpha value is -3.10. The summed E-state index contributed by atoms with van der Waals surface area (Å²) in [7, 11) is 1.25. The molecule has 0 heterocycles. The van der Waals surface area contributed by atoms with Gasteiger partial charge in [0.15, 0.2) is 0 Å². The molecule has 1 aliphatic rings. The van der Waals surface area contributed by atoms with Gasteiger partial charge < -0.3 is 25.0 Å². The van der Waals surface area contributed by atoms with Crippen molar-refractivity contribution in [3.8, 4) is 0 Å². The van der Waals surface area contributed by atoms with E-state index in [0.717, 1.165) is 30.4 Å². The second-order valence-electron chi connectivity index (χ2n) is 10.7. The van der Waals surface area contributed by atoms with E-state index in [0.29, 0.717) is 5.56 Å². The topological polar surface area (TPSA) is 114 Å². The largest absolute Gasteiger partial charge is 0.468 e. The first-order valence-corrected chi connectivity index (χ1v) is 12.5. The molecule has 2 rings (SSSR count). The van der Waals surface area contributed by atoms with E-state index in [1.54, 1.807) is 25.7 Å². The molecular formula is C27H41N3O6. The predicted octanol–water partition coefficient (Wildman–Crippen LogP) is 3.56. The van der Waals surface area contributed by atoms with Crippen molar-refractivity contribution in [1.82, 2.24) is 15.5 Å². The first kappa shape index (κ1) is 29.1. The highest BCUT2D eigenvalue weighted by molar-refractivity contribution is 5.94. The van der Waals surface area contributed by atoms with Gasteiger partial charge >= 0.3 is 12.1 Å². The van der Waals surface area contributed by atoms with Crippen molar-refractivity contribution in [1.29, 1.82) is 0 Å². The van der Waals surface area contributed by atoms with Crippen LogP contribution in [0.1, 0.15) is 76.6 Å². The van der Waals surface area contributed by atoms with E-state index in [1.807, 2.05) is 45.9 Å². The number of amides is 3. The Bertz CT molecular complexity index is 944. The maximum atomic E-state index is 14.1. The summed E-state index contributed by atoms with van der Waals surface area (Å²) in [6.07, 6.45) is 1.73. The van der Waals surface area contributed by atoms with Gasteiger partial charge in [0, 0.05) is 6.04 Å². The van der Waals surface area contributed by atoms with E-state index in [-0.39, 0.29) is 24.4 Å². The number of nitrogens with one attached hydrogen (secondary N) is 2. The average molecular weight is 504 g/mol. The quantitative estimate of drug-likeness (QED) is 0.498. The Balaban J connectivity index is 2.53. The van der Waals surface area contributed by atoms with Crippen molar-refractivity contribution < 1.29 is 28.7 Å². The Kier molecular flexibility index (Phi) is 9.90. The summed E-state index contributed by atoms with van der Waals surface area (Å²) in [6, 6.07) is 3.63. The lowest BCUT2D eigenvalue weighted by molar-refractivity contribution is -0.149. The van der Waals surface area contributed by atoms with Gasteiger partial charge in [-0.3, -0.25) is 14.4 Å². The molecule has 9 nitrogen and oxygen atoms in total. The van der Waals surface area contributed by atoms with Crippen LogP contribution >= 0.6 is 0 Å². The second-order valence-corrected chi connectivity index (χ2v) is 10.7. The molecule has 0 aromatic heterocycles. The van der Waals surface area contributed by atoms with Crippen LogP contribution < -0.4 is 10.6 Å². The van der Waals surface area contributed by atoms with Crippen molar-refractivity contribution in [3.05, 3.63) is 34.9 Å². The molecule has 0 radical (unpaired) electrons. The van der Waals surface area contributed by atoms with Crippen LogP contribution in [0.2, 0.25) is 0 Å². The summed E-state index contributed by atoms with van der Waals surface area (Å²) in [5, 5.41) is 5.38. The van der Waals surface area contributed by atoms with Crippen molar-refractivity contribution in [3.63, 3.8) is 0 Å². The number of methoxy groups -OCH3 is 1. The fraction of sp³-hybridized carbons (Fsp3) is 0.630. The SMILES string of the molecule is COC(=O)CNC(=O)C(c1c(C)cccc1C)N(C(=O)C(NC(=O)OC(C)(C)C)C(C)C)C1CCC1. The highest BCUT2D eigenvalue weighted by Crippen LogP contribution is 2.36. The number of esters is 1. The van der Waals surface area contributed by atoms with E-state index in [4.69, 9.17) is 4.74 Å². The molecule has 2 atom stereocenters. The van der Waals surface area contributed by atoms with Crippen LogP contribution in [-0.2, 0) is 23.9 Å². The number of nitrogens with zero attached hydrogens (tertiary/aromatic N) is 1. The zero-order chi connectivity index (χ0) is 27.2. The standard InChI is InChI=1S/C27H41N3O6/c1-16(2)22(29-26(34)36-27(5,6)7)25(33)30(19-13-10-14-19)23(24(32)28-15-20(31)35-8)21-17(3)11-9-12-18(21)4/h9,11-12,16,19,22-23H,10,13-15H2,1-8H3,(H,28,32)(H,29,34). The molecule has 9 heteroatoms. The summed E-state index contributed by atoms with van der Waals surface area (Å²) in [6.45, 7) is 12.4. The van der Waals surface area contributed by atoms with Crippen molar-refractivity contribution in [2.75, 3.05) is 13.7 Å². The number of aryl methyl sites for hydroxylation is 2. The minimum Gasteiger partial charge on any atom is -0.468 e. The zero-order valence-corrected chi connectivity index (χ0v) is 22.8. The lowest BCUT2D eigenvalue weighted by atomic mass is 9.85. The number of carbonyl (C=O) groups is 4. The van der Waals surface area contributed by atoms with Crippen molar-refractivity contribution >= 4 is 23.9 Å². The molecule has 36 heavy (non-hydrogen) atoms. The monoisotopic (exact) mass is 503 g/mol. The van der Waals surface area contributed by atoms with Crippen molar-refractivity contribution in [2.24, 2.45) is 5.92 Å². The normalized spacial score (nSPS) is 15.4. The molecule has 0 spiro atoms. The highest BCUT2D eigenvalue weighted by Gasteiger charge is 2.43. The van der Waals surface area contributed by atoms with Gasteiger partial charge in [-0.05, 0) is 76.5 Å². The molecule has 1 aliphatic carbocycles. The lowest BCUT2D eigenvalue weighted by Gasteiger charge is -2.44. The summed E-state index contributed by atoms with van der Waals surface area (Å²) in [4.78, 5) is 53.8. The van der Waals surface area contributed by atoms with Crippen LogP contribution in [0.4, 0.5) is 4.79 Å². The van der Waals surface area contributed by atoms with Crippen LogP contribution in [-0.4, -0.2) is 60.1 Å². The molecule has 1 saturated carbocycles. The smallest absolute Gasteiger partial charge is 0.408 e. The minimum absolute atomic E-state index is 0.174.